The fourth-order valence-corrected chi connectivity index (χ4v) is 2.66. The van der Waals surface area contributed by atoms with Crippen molar-refractivity contribution < 1.29 is 27.9 Å². The van der Waals surface area contributed by atoms with Crippen molar-refractivity contribution in [2.24, 2.45) is 11.3 Å². The van der Waals surface area contributed by atoms with Gasteiger partial charge >= 0.3 is 18.2 Å². The molecule has 0 aromatic rings. The van der Waals surface area contributed by atoms with Gasteiger partial charge in [0, 0.05) is 26.2 Å². The summed E-state index contributed by atoms with van der Waals surface area (Å²) in [5.41, 5.74) is -0.931. The van der Waals surface area contributed by atoms with Gasteiger partial charge in [0.15, 0.2) is 0 Å². The lowest BCUT2D eigenvalue weighted by Gasteiger charge is -2.47. The van der Waals surface area contributed by atoms with Gasteiger partial charge in [-0.05, 0) is 19.8 Å². The van der Waals surface area contributed by atoms with Gasteiger partial charge in [-0.15, -0.1) is 0 Å². The van der Waals surface area contributed by atoms with E-state index in [0.29, 0.717) is 0 Å². The lowest BCUT2D eigenvalue weighted by Crippen LogP contribution is -2.63. The Morgan fingerprint density at radius 2 is 1.65 bits per heavy atom. The van der Waals surface area contributed by atoms with Crippen molar-refractivity contribution in [2.45, 2.75) is 25.9 Å². The van der Waals surface area contributed by atoms with Gasteiger partial charge in [-0.1, -0.05) is 0 Å². The molecule has 0 aliphatic carbocycles. The number of rotatable bonds is 1. The SMILES string of the molecule is CC1(C(=O)O)CN(C(=O)N2CCC(C(F)(F)F)CC2)C1. The first-order chi connectivity index (χ1) is 9.13. The number of piperidine rings is 1. The van der Waals surface area contributed by atoms with Gasteiger partial charge in [-0.3, -0.25) is 4.79 Å². The minimum atomic E-state index is -4.20. The highest BCUT2D eigenvalue weighted by molar-refractivity contribution is 5.82. The first-order valence-electron chi connectivity index (χ1n) is 6.47. The van der Waals surface area contributed by atoms with Crippen molar-refractivity contribution in [3.05, 3.63) is 0 Å². The molecule has 0 spiro atoms. The smallest absolute Gasteiger partial charge is 0.391 e. The average Bonchev–Trinajstić information content (AvgIpc) is 2.33. The molecule has 0 radical (unpaired) electrons. The zero-order valence-electron chi connectivity index (χ0n) is 11.1. The van der Waals surface area contributed by atoms with E-state index in [1.807, 2.05) is 0 Å². The molecule has 5 nitrogen and oxygen atoms in total. The van der Waals surface area contributed by atoms with Crippen LogP contribution in [0.1, 0.15) is 19.8 Å². The number of carboxylic acid groups (broad SMARTS) is 1. The number of amides is 2. The van der Waals surface area contributed by atoms with Gasteiger partial charge in [0.2, 0.25) is 0 Å². The summed E-state index contributed by atoms with van der Waals surface area (Å²) in [6.45, 7) is 1.92. The number of carbonyl (C=O) groups excluding carboxylic acids is 1. The van der Waals surface area contributed by atoms with E-state index in [9.17, 15) is 22.8 Å². The first-order valence-corrected chi connectivity index (χ1v) is 6.47. The third-order valence-corrected chi connectivity index (χ3v) is 4.09. The number of urea groups is 1. The number of alkyl halides is 3. The summed E-state index contributed by atoms with van der Waals surface area (Å²) in [6, 6.07) is -0.357. The molecule has 2 aliphatic rings. The molecule has 2 aliphatic heterocycles. The average molecular weight is 294 g/mol. The van der Waals surface area contributed by atoms with E-state index >= 15 is 0 Å². The maximum absolute atomic E-state index is 12.5. The number of halogens is 3. The number of hydrogen-bond donors (Lipinski definition) is 1. The molecule has 8 heteroatoms. The second kappa shape index (κ2) is 4.82. The summed E-state index contributed by atoms with van der Waals surface area (Å²) in [4.78, 5) is 25.7. The van der Waals surface area contributed by atoms with E-state index in [1.54, 1.807) is 6.92 Å². The molecule has 20 heavy (non-hydrogen) atoms. The molecule has 0 saturated carbocycles. The molecule has 2 amide bonds. The van der Waals surface area contributed by atoms with Crippen LogP contribution < -0.4 is 0 Å². The Morgan fingerprint density at radius 1 is 1.15 bits per heavy atom. The van der Waals surface area contributed by atoms with E-state index in [-0.39, 0.29) is 45.1 Å². The molecule has 114 valence electrons. The Hall–Kier alpha value is -1.47. The molecule has 2 fully saturated rings. The third-order valence-electron chi connectivity index (χ3n) is 4.09. The molecule has 0 bridgehead atoms. The molecule has 1 N–H and O–H groups in total. The number of aliphatic carboxylic acids is 1. The summed E-state index contributed by atoms with van der Waals surface area (Å²) in [6.07, 6.45) is -4.37. The minimum absolute atomic E-state index is 0.0727. The Morgan fingerprint density at radius 3 is 2.05 bits per heavy atom. The van der Waals surface area contributed by atoms with Crippen molar-refractivity contribution in [1.82, 2.24) is 9.80 Å². The number of carbonyl (C=O) groups is 2. The number of likely N-dealkylation sites (tertiary alicyclic amines) is 2. The van der Waals surface area contributed by atoms with Gasteiger partial charge in [-0.25, -0.2) is 4.79 Å². The number of hydrogen-bond acceptors (Lipinski definition) is 2. The Labute approximate surface area is 114 Å². The maximum Gasteiger partial charge on any atom is 0.391 e. The third kappa shape index (κ3) is 2.69. The molecule has 2 rings (SSSR count). The van der Waals surface area contributed by atoms with Crippen LogP contribution >= 0.6 is 0 Å². The molecular formula is C12H17F3N2O3. The standard InChI is InChI=1S/C12H17F3N2O3/c1-11(9(18)19)6-17(7-11)10(20)16-4-2-8(3-5-16)12(13,14)15/h8H,2-7H2,1H3,(H,18,19). The lowest BCUT2D eigenvalue weighted by molar-refractivity contribution is -0.184. The van der Waals surface area contributed by atoms with Crippen LogP contribution in [0.2, 0.25) is 0 Å². The van der Waals surface area contributed by atoms with E-state index in [4.69, 9.17) is 5.11 Å². The zero-order chi connectivity index (χ0) is 15.1. The maximum atomic E-state index is 12.5. The van der Waals surface area contributed by atoms with E-state index in [2.05, 4.69) is 0 Å². The predicted octanol–water partition coefficient (Wildman–Crippen LogP) is 1.79. The topological polar surface area (TPSA) is 60.9 Å². The van der Waals surface area contributed by atoms with Crippen LogP contribution in [0.3, 0.4) is 0 Å². The fourth-order valence-electron chi connectivity index (χ4n) is 2.66. The van der Waals surface area contributed by atoms with Gasteiger partial charge < -0.3 is 14.9 Å². The van der Waals surface area contributed by atoms with Crippen molar-refractivity contribution in [2.75, 3.05) is 26.2 Å². The van der Waals surface area contributed by atoms with Crippen LogP contribution in [0.4, 0.5) is 18.0 Å². The van der Waals surface area contributed by atoms with Gasteiger partial charge in [-0.2, -0.15) is 13.2 Å². The van der Waals surface area contributed by atoms with E-state index in [1.165, 1.54) is 9.80 Å². The van der Waals surface area contributed by atoms with Crippen LogP contribution in [0.15, 0.2) is 0 Å². The van der Waals surface area contributed by atoms with Crippen molar-refractivity contribution in [3.63, 3.8) is 0 Å². The van der Waals surface area contributed by atoms with E-state index < -0.39 is 23.5 Å². The highest BCUT2D eigenvalue weighted by Gasteiger charge is 2.49. The Kier molecular flexibility index (Phi) is 3.60. The molecule has 2 heterocycles. The van der Waals surface area contributed by atoms with Crippen molar-refractivity contribution >= 4 is 12.0 Å². The van der Waals surface area contributed by atoms with E-state index in [0.717, 1.165) is 0 Å². The second-order valence-electron chi connectivity index (χ2n) is 5.81. The number of nitrogens with zero attached hydrogens (tertiary/aromatic N) is 2. The summed E-state index contributed by atoms with van der Waals surface area (Å²) in [5.74, 6) is -2.30. The molecule has 0 aromatic carbocycles. The largest absolute Gasteiger partial charge is 0.481 e. The minimum Gasteiger partial charge on any atom is -0.481 e. The van der Waals surface area contributed by atoms with Crippen LogP contribution in [-0.4, -0.2) is 59.3 Å². The molecular weight excluding hydrogens is 277 g/mol. The summed E-state index contributed by atoms with van der Waals surface area (Å²) in [5, 5.41) is 8.95. The molecule has 2 saturated heterocycles. The van der Waals surface area contributed by atoms with Gasteiger partial charge in [0.25, 0.3) is 0 Å². The highest BCUT2D eigenvalue weighted by atomic mass is 19.4. The normalized spacial score (nSPS) is 23.4. The zero-order valence-corrected chi connectivity index (χ0v) is 11.1. The fraction of sp³-hybridized carbons (Fsp3) is 0.833. The summed E-state index contributed by atoms with van der Waals surface area (Å²) >= 11 is 0. The lowest BCUT2D eigenvalue weighted by atomic mass is 9.82. The first kappa shape index (κ1) is 14.9. The quantitative estimate of drug-likeness (QED) is 0.802. The number of carboxylic acids is 1. The Balaban J connectivity index is 1.84. The van der Waals surface area contributed by atoms with Crippen molar-refractivity contribution in [1.29, 1.82) is 0 Å². The molecule has 0 aromatic heterocycles. The summed E-state index contributed by atoms with van der Waals surface area (Å²) < 4.78 is 37.6. The molecule has 0 atom stereocenters. The molecule has 0 unspecified atom stereocenters. The van der Waals surface area contributed by atoms with Crippen LogP contribution in [0, 0.1) is 11.3 Å². The Bertz CT molecular complexity index is 411. The summed E-state index contributed by atoms with van der Waals surface area (Å²) in [7, 11) is 0. The van der Waals surface area contributed by atoms with Gasteiger partial charge in [0.05, 0.1) is 5.92 Å². The van der Waals surface area contributed by atoms with Crippen LogP contribution in [-0.2, 0) is 4.79 Å². The van der Waals surface area contributed by atoms with Crippen molar-refractivity contribution in [3.8, 4) is 0 Å². The highest BCUT2D eigenvalue weighted by Crippen LogP contribution is 2.35. The van der Waals surface area contributed by atoms with Crippen LogP contribution in [0.25, 0.3) is 0 Å². The monoisotopic (exact) mass is 294 g/mol. The van der Waals surface area contributed by atoms with Crippen LogP contribution in [0.5, 0.6) is 0 Å². The van der Waals surface area contributed by atoms with Gasteiger partial charge in [0.1, 0.15) is 5.41 Å². The second-order valence-corrected chi connectivity index (χ2v) is 5.81. The predicted molar refractivity (Wildman–Crippen MR) is 63.1 cm³/mol.